The van der Waals surface area contributed by atoms with Crippen LogP contribution >= 0.6 is 0 Å². The van der Waals surface area contributed by atoms with Gasteiger partial charge in [-0.05, 0) is 12.8 Å². The van der Waals surface area contributed by atoms with Crippen molar-refractivity contribution < 1.29 is 4.79 Å². The highest BCUT2D eigenvalue weighted by molar-refractivity contribution is 5.80. The summed E-state index contributed by atoms with van der Waals surface area (Å²) in [5.41, 5.74) is 0. The zero-order valence-electron chi connectivity index (χ0n) is 12.8. The first-order valence-corrected chi connectivity index (χ1v) is 7.64. The molecule has 0 aromatic carbocycles. The Morgan fingerprint density at radius 1 is 1.05 bits per heavy atom. The van der Waals surface area contributed by atoms with Gasteiger partial charge in [0.05, 0.1) is 0 Å². The van der Waals surface area contributed by atoms with Crippen molar-refractivity contribution in [3.63, 3.8) is 0 Å². The van der Waals surface area contributed by atoms with Gasteiger partial charge in [-0.2, -0.15) is 0 Å². The quantitative estimate of drug-likeness (QED) is 0.576. The van der Waals surface area contributed by atoms with Crippen molar-refractivity contribution in [3.8, 4) is 0 Å². The third kappa shape index (κ3) is 4.10. The van der Waals surface area contributed by atoms with Crippen LogP contribution < -0.4 is 5.32 Å². The average Bonchev–Trinajstić information content (AvgIpc) is 2.98. The average molecular weight is 281 g/mol. The maximum Gasteiger partial charge on any atom is 0.219 e. The van der Waals surface area contributed by atoms with Gasteiger partial charge in [-0.3, -0.25) is 14.7 Å². The molecular formula is C14H27N5O. The summed E-state index contributed by atoms with van der Waals surface area (Å²) in [6.07, 6.45) is 2.54. The Kier molecular flexibility index (Phi) is 5.64. The van der Waals surface area contributed by atoms with Crippen LogP contribution in [0.3, 0.4) is 0 Å². The van der Waals surface area contributed by atoms with E-state index in [2.05, 4.69) is 20.1 Å². The Labute approximate surface area is 121 Å². The van der Waals surface area contributed by atoms with Crippen LogP contribution in [-0.4, -0.2) is 86.0 Å². The molecule has 0 radical (unpaired) electrons. The molecule has 114 valence electrons. The topological polar surface area (TPSA) is 51.2 Å². The van der Waals surface area contributed by atoms with Crippen LogP contribution in [0.5, 0.6) is 0 Å². The molecule has 2 aliphatic rings. The zero-order chi connectivity index (χ0) is 14.4. The standard InChI is InChI=1S/C14H27N5O/c1-13(20)18-11-9-17(10-12-18)8-5-16-14(15-2)19-6-3-4-7-19/h3-12H2,1-2H3,(H,15,16). The van der Waals surface area contributed by atoms with E-state index in [9.17, 15) is 4.79 Å². The van der Waals surface area contributed by atoms with E-state index in [1.54, 1.807) is 6.92 Å². The van der Waals surface area contributed by atoms with Crippen LogP contribution in [-0.2, 0) is 4.79 Å². The van der Waals surface area contributed by atoms with Crippen molar-refractivity contribution in [2.45, 2.75) is 19.8 Å². The number of likely N-dealkylation sites (tertiary alicyclic amines) is 1. The van der Waals surface area contributed by atoms with Crippen LogP contribution in [0.1, 0.15) is 19.8 Å². The van der Waals surface area contributed by atoms with Crippen LogP contribution in [0.2, 0.25) is 0 Å². The maximum absolute atomic E-state index is 11.3. The van der Waals surface area contributed by atoms with Gasteiger partial charge >= 0.3 is 0 Å². The molecule has 2 rings (SSSR count). The molecule has 6 nitrogen and oxygen atoms in total. The number of guanidine groups is 1. The minimum Gasteiger partial charge on any atom is -0.355 e. The molecule has 6 heteroatoms. The van der Waals surface area contributed by atoms with E-state index >= 15 is 0 Å². The van der Waals surface area contributed by atoms with Crippen molar-refractivity contribution in [1.82, 2.24) is 20.0 Å². The number of nitrogens with one attached hydrogen (secondary N) is 1. The first-order valence-electron chi connectivity index (χ1n) is 7.64. The lowest BCUT2D eigenvalue weighted by molar-refractivity contribution is -0.130. The van der Waals surface area contributed by atoms with E-state index in [1.807, 2.05) is 11.9 Å². The van der Waals surface area contributed by atoms with Crippen LogP contribution in [0, 0.1) is 0 Å². The second-order valence-corrected chi connectivity index (χ2v) is 5.52. The first kappa shape index (κ1) is 15.1. The summed E-state index contributed by atoms with van der Waals surface area (Å²) in [5, 5.41) is 3.45. The molecule has 0 unspecified atom stereocenters. The predicted molar refractivity (Wildman–Crippen MR) is 80.9 cm³/mol. The SMILES string of the molecule is CN=C(NCCN1CCN(C(C)=O)CC1)N1CCCC1. The van der Waals surface area contributed by atoms with Gasteiger partial charge in [-0.1, -0.05) is 0 Å². The number of aliphatic imine (C=N–C) groups is 1. The number of amides is 1. The predicted octanol–water partition coefficient (Wildman–Crippen LogP) is -0.178. The van der Waals surface area contributed by atoms with Crippen molar-refractivity contribution in [1.29, 1.82) is 0 Å². The minimum absolute atomic E-state index is 0.192. The molecule has 0 spiro atoms. The Balaban J connectivity index is 1.64. The second-order valence-electron chi connectivity index (χ2n) is 5.52. The molecule has 0 bridgehead atoms. The summed E-state index contributed by atoms with van der Waals surface area (Å²) >= 11 is 0. The van der Waals surface area contributed by atoms with Crippen molar-refractivity contribution >= 4 is 11.9 Å². The van der Waals surface area contributed by atoms with Crippen LogP contribution in [0.15, 0.2) is 4.99 Å². The molecule has 0 aromatic heterocycles. The van der Waals surface area contributed by atoms with Gasteiger partial charge in [-0.15, -0.1) is 0 Å². The number of rotatable bonds is 3. The summed E-state index contributed by atoms with van der Waals surface area (Å²) < 4.78 is 0. The number of piperazine rings is 1. The Morgan fingerprint density at radius 3 is 2.25 bits per heavy atom. The molecule has 0 atom stereocenters. The lowest BCUT2D eigenvalue weighted by atomic mass is 10.3. The van der Waals surface area contributed by atoms with Gasteiger partial charge < -0.3 is 15.1 Å². The molecule has 1 N–H and O–H groups in total. The second kappa shape index (κ2) is 7.47. The third-order valence-corrected chi connectivity index (χ3v) is 4.15. The number of nitrogens with zero attached hydrogens (tertiary/aromatic N) is 4. The molecule has 2 saturated heterocycles. The number of carbonyl (C=O) groups is 1. The largest absolute Gasteiger partial charge is 0.355 e. The Bertz CT molecular complexity index is 343. The molecule has 2 heterocycles. The monoisotopic (exact) mass is 281 g/mol. The molecule has 1 amide bonds. The number of hydrogen-bond acceptors (Lipinski definition) is 3. The molecule has 2 aliphatic heterocycles. The van der Waals surface area contributed by atoms with Crippen LogP contribution in [0.25, 0.3) is 0 Å². The number of hydrogen-bond donors (Lipinski definition) is 1. The molecule has 2 fully saturated rings. The van der Waals surface area contributed by atoms with Gasteiger partial charge in [-0.25, -0.2) is 0 Å². The van der Waals surface area contributed by atoms with Crippen molar-refractivity contribution in [2.75, 3.05) is 59.4 Å². The molecule has 0 aromatic rings. The maximum atomic E-state index is 11.3. The first-order chi connectivity index (χ1) is 9.70. The summed E-state index contributed by atoms with van der Waals surface area (Å²) in [7, 11) is 1.85. The summed E-state index contributed by atoms with van der Waals surface area (Å²) in [5.74, 6) is 1.22. The fourth-order valence-corrected chi connectivity index (χ4v) is 2.87. The molecule has 0 saturated carbocycles. The fourth-order valence-electron chi connectivity index (χ4n) is 2.87. The van der Waals surface area contributed by atoms with E-state index in [0.717, 1.165) is 58.3 Å². The van der Waals surface area contributed by atoms with Gasteiger partial charge in [0, 0.05) is 66.3 Å². The van der Waals surface area contributed by atoms with E-state index in [-0.39, 0.29) is 5.91 Å². The minimum atomic E-state index is 0.192. The molecular weight excluding hydrogens is 254 g/mol. The van der Waals surface area contributed by atoms with Gasteiger partial charge in [0.15, 0.2) is 5.96 Å². The van der Waals surface area contributed by atoms with Crippen molar-refractivity contribution in [2.24, 2.45) is 4.99 Å². The van der Waals surface area contributed by atoms with Gasteiger partial charge in [0.25, 0.3) is 0 Å². The third-order valence-electron chi connectivity index (χ3n) is 4.15. The highest BCUT2D eigenvalue weighted by Crippen LogP contribution is 2.07. The van der Waals surface area contributed by atoms with E-state index in [4.69, 9.17) is 0 Å². The fraction of sp³-hybridized carbons (Fsp3) is 0.857. The Hall–Kier alpha value is -1.30. The Morgan fingerprint density at radius 2 is 1.70 bits per heavy atom. The highest BCUT2D eigenvalue weighted by Gasteiger charge is 2.19. The number of carbonyl (C=O) groups excluding carboxylic acids is 1. The van der Waals surface area contributed by atoms with Gasteiger partial charge in [0.1, 0.15) is 0 Å². The van der Waals surface area contributed by atoms with E-state index in [1.165, 1.54) is 12.8 Å². The zero-order valence-corrected chi connectivity index (χ0v) is 12.8. The summed E-state index contributed by atoms with van der Waals surface area (Å²) in [4.78, 5) is 22.3. The van der Waals surface area contributed by atoms with E-state index in [0.29, 0.717) is 0 Å². The lowest BCUT2D eigenvalue weighted by Crippen LogP contribution is -2.50. The van der Waals surface area contributed by atoms with Gasteiger partial charge in [0.2, 0.25) is 5.91 Å². The van der Waals surface area contributed by atoms with E-state index < -0.39 is 0 Å². The van der Waals surface area contributed by atoms with Crippen LogP contribution in [0.4, 0.5) is 0 Å². The molecule has 20 heavy (non-hydrogen) atoms. The highest BCUT2D eigenvalue weighted by atomic mass is 16.2. The normalized spacial score (nSPS) is 21.4. The smallest absolute Gasteiger partial charge is 0.219 e. The summed E-state index contributed by atoms with van der Waals surface area (Å²) in [6.45, 7) is 9.49. The lowest BCUT2D eigenvalue weighted by Gasteiger charge is -2.34. The summed E-state index contributed by atoms with van der Waals surface area (Å²) in [6, 6.07) is 0. The molecule has 0 aliphatic carbocycles. The van der Waals surface area contributed by atoms with Crippen molar-refractivity contribution in [3.05, 3.63) is 0 Å².